The molecule has 0 bridgehead atoms. The third-order valence-electron chi connectivity index (χ3n) is 4.20. The Labute approximate surface area is 176 Å². The molecule has 1 aromatic carbocycles. The number of halogens is 2. The minimum Gasteiger partial charge on any atom is -0.375 e. The molecule has 0 spiro atoms. The Kier molecular flexibility index (Phi) is 9.89. The minimum absolute atomic E-state index is 0. The van der Waals surface area contributed by atoms with Crippen molar-refractivity contribution in [1.29, 1.82) is 0 Å². The lowest BCUT2D eigenvalue weighted by Gasteiger charge is -2.29. The molecule has 1 saturated heterocycles. The molecule has 152 valence electrons. The number of nitrogens with one attached hydrogen (secondary N) is 3. The highest BCUT2D eigenvalue weighted by Crippen LogP contribution is 2.10. The molecule has 2 heterocycles. The molecular formula is C19H24Cl2N4O3. The fraction of sp³-hybridized carbons (Fsp3) is 0.316. The first-order chi connectivity index (χ1) is 12.6. The Morgan fingerprint density at radius 2 is 1.96 bits per heavy atom. The van der Waals surface area contributed by atoms with Crippen molar-refractivity contribution >= 4 is 42.3 Å². The van der Waals surface area contributed by atoms with Gasteiger partial charge in [-0.2, -0.15) is 0 Å². The number of pyridine rings is 1. The van der Waals surface area contributed by atoms with Gasteiger partial charge >= 0.3 is 0 Å². The third kappa shape index (κ3) is 6.45. The van der Waals surface area contributed by atoms with Crippen LogP contribution < -0.4 is 16.0 Å². The Morgan fingerprint density at radius 1 is 1.21 bits per heavy atom. The summed E-state index contributed by atoms with van der Waals surface area (Å²) in [5.41, 5.74) is 2.10. The number of nitrogens with zero attached hydrogens (tertiary/aromatic N) is 1. The number of morpholine rings is 1. The Morgan fingerprint density at radius 3 is 2.61 bits per heavy atom. The fourth-order valence-corrected chi connectivity index (χ4v) is 2.74. The zero-order chi connectivity index (χ0) is 18.4. The van der Waals surface area contributed by atoms with Gasteiger partial charge in [-0.25, -0.2) is 0 Å². The number of anilines is 1. The lowest BCUT2D eigenvalue weighted by Crippen LogP contribution is -2.55. The summed E-state index contributed by atoms with van der Waals surface area (Å²) in [5, 5.41) is 8.84. The van der Waals surface area contributed by atoms with Crippen LogP contribution in [0.4, 0.5) is 5.69 Å². The molecule has 3 N–H and O–H groups in total. The van der Waals surface area contributed by atoms with Crippen LogP contribution in [0.2, 0.25) is 0 Å². The van der Waals surface area contributed by atoms with Gasteiger partial charge in [-0.1, -0.05) is 12.1 Å². The number of carbonyl (C=O) groups is 2. The van der Waals surface area contributed by atoms with E-state index in [-0.39, 0.29) is 48.8 Å². The molecule has 1 aliphatic rings. The molecule has 1 aliphatic heterocycles. The van der Waals surface area contributed by atoms with E-state index >= 15 is 0 Å². The number of aromatic nitrogens is 1. The first-order valence-electron chi connectivity index (χ1n) is 8.56. The number of amides is 2. The molecule has 0 saturated carbocycles. The molecule has 9 heteroatoms. The van der Waals surface area contributed by atoms with Gasteiger partial charge in [0.2, 0.25) is 5.91 Å². The molecule has 0 aliphatic carbocycles. The zero-order valence-electron chi connectivity index (χ0n) is 15.4. The Hall–Kier alpha value is -2.19. The van der Waals surface area contributed by atoms with Gasteiger partial charge in [0.05, 0.1) is 24.6 Å². The van der Waals surface area contributed by atoms with Gasteiger partial charge in [-0.05, 0) is 36.8 Å². The largest absolute Gasteiger partial charge is 0.375 e. The molecule has 7 nitrogen and oxygen atoms in total. The zero-order valence-corrected chi connectivity index (χ0v) is 17.0. The third-order valence-corrected chi connectivity index (χ3v) is 4.20. The molecule has 28 heavy (non-hydrogen) atoms. The Bertz CT molecular complexity index is 760. The number of carbonyl (C=O) groups excluding carboxylic acids is 2. The predicted molar refractivity (Wildman–Crippen MR) is 112 cm³/mol. The number of benzene rings is 1. The quantitative estimate of drug-likeness (QED) is 0.681. The minimum atomic E-state index is -0.340. The maximum atomic E-state index is 12.2. The highest BCUT2D eigenvalue weighted by Gasteiger charge is 2.27. The smallest absolute Gasteiger partial charge is 0.255 e. The van der Waals surface area contributed by atoms with E-state index in [1.54, 1.807) is 36.7 Å². The molecule has 2 atom stereocenters. The Balaban J connectivity index is 0.00000196. The van der Waals surface area contributed by atoms with Gasteiger partial charge in [0.15, 0.2) is 0 Å². The number of hydrogen-bond acceptors (Lipinski definition) is 5. The maximum absolute atomic E-state index is 12.2. The number of ether oxygens (including phenoxy) is 1. The van der Waals surface area contributed by atoms with E-state index in [0.29, 0.717) is 30.9 Å². The standard InChI is InChI=1S/C19H22N4O3.2ClH/c1-13-17(21-9-10-26-13)19(25)22-11-14-4-6-15(7-5-14)18(24)23-16-3-2-8-20-12-16;;/h2-8,12-13,17,21H,9-11H2,1H3,(H,22,25)(H,23,24);2*1H/t13-,17+;;/m1../s1. The van der Waals surface area contributed by atoms with E-state index in [4.69, 9.17) is 4.74 Å². The van der Waals surface area contributed by atoms with E-state index in [2.05, 4.69) is 20.9 Å². The average molecular weight is 427 g/mol. The number of hydrogen-bond donors (Lipinski definition) is 3. The van der Waals surface area contributed by atoms with Crippen molar-refractivity contribution in [3.8, 4) is 0 Å². The molecule has 1 fully saturated rings. The summed E-state index contributed by atoms with van der Waals surface area (Å²) in [4.78, 5) is 28.4. The summed E-state index contributed by atoms with van der Waals surface area (Å²) in [6, 6.07) is 10.3. The molecule has 3 rings (SSSR count). The summed E-state index contributed by atoms with van der Waals surface area (Å²) in [6.07, 6.45) is 3.09. The van der Waals surface area contributed by atoms with Crippen molar-refractivity contribution in [2.75, 3.05) is 18.5 Å². The van der Waals surface area contributed by atoms with Gasteiger partial charge in [0.1, 0.15) is 6.04 Å². The summed E-state index contributed by atoms with van der Waals surface area (Å²) in [6.45, 7) is 3.57. The van der Waals surface area contributed by atoms with Crippen molar-refractivity contribution in [1.82, 2.24) is 15.6 Å². The van der Waals surface area contributed by atoms with Crippen LogP contribution in [0.3, 0.4) is 0 Å². The van der Waals surface area contributed by atoms with Crippen LogP contribution in [0.5, 0.6) is 0 Å². The second-order valence-electron chi connectivity index (χ2n) is 6.12. The summed E-state index contributed by atoms with van der Waals surface area (Å²) < 4.78 is 5.48. The first kappa shape index (κ1) is 23.8. The van der Waals surface area contributed by atoms with Crippen molar-refractivity contribution in [2.24, 2.45) is 0 Å². The highest BCUT2D eigenvalue weighted by molar-refractivity contribution is 6.04. The normalized spacial score (nSPS) is 18.2. The molecule has 0 radical (unpaired) electrons. The van der Waals surface area contributed by atoms with E-state index in [1.165, 1.54) is 0 Å². The van der Waals surface area contributed by atoms with E-state index < -0.39 is 0 Å². The average Bonchev–Trinajstić information content (AvgIpc) is 2.67. The van der Waals surface area contributed by atoms with E-state index in [0.717, 1.165) is 5.56 Å². The number of rotatable bonds is 5. The van der Waals surface area contributed by atoms with Crippen molar-refractivity contribution < 1.29 is 14.3 Å². The molecular weight excluding hydrogens is 403 g/mol. The second-order valence-corrected chi connectivity index (χ2v) is 6.12. The van der Waals surface area contributed by atoms with Gasteiger partial charge in [-0.15, -0.1) is 24.8 Å². The summed E-state index contributed by atoms with van der Waals surface area (Å²) in [5.74, 6) is -0.290. The highest BCUT2D eigenvalue weighted by atomic mass is 35.5. The van der Waals surface area contributed by atoms with Crippen LogP contribution in [-0.4, -0.2) is 42.1 Å². The van der Waals surface area contributed by atoms with Gasteiger partial charge < -0.3 is 20.7 Å². The van der Waals surface area contributed by atoms with Crippen molar-refractivity contribution in [3.05, 3.63) is 59.9 Å². The molecule has 1 aromatic heterocycles. The maximum Gasteiger partial charge on any atom is 0.255 e. The van der Waals surface area contributed by atoms with Crippen molar-refractivity contribution in [2.45, 2.75) is 25.6 Å². The molecule has 0 unspecified atom stereocenters. The SMILES string of the molecule is C[C@H]1OCCN[C@@H]1C(=O)NCc1ccc(C(=O)Nc2cccnc2)cc1.Cl.Cl. The summed E-state index contributed by atoms with van der Waals surface area (Å²) in [7, 11) is 0. The summed E-state index contributed by atoms with van der Waals surface area (Å²) >= 11 is 0. The van der Waals surface area contributed by atoms with Crippen LogP contribution in [-0.2, 0) is 16.1 Å². The fourth-order valence-electron chi connectivity index (χ4n) is 2.74. The first-order valence-corrected chi connectivity index (χ1v) is 8.56. The molecule has 2 aromatic rings. The van der Waals surface area contributed by atoms with Crippen LogP contribution in [0.15, 0.2) is 48.8 Å². The van der Waals surface area contributed by atoms with Crippen molar-refractivity contribution in [3.63, 3.8) is 0 Å². The van der Waals surface area contributed by atoms with Gasteiger partial charge in [0, 0.05) is 24.8 Å². The van der Waals surface area contributed by atoms with E-state index in [1.807, 2.05) is 19.1 Å². The predicted octanol–water partition coefficient (Wildman–Crippen LogP) is 2.17. The van der Waals surface area contributed by atoms with Crippen LogP contribution in [0.25, 0.3) is 0 Å². The van der Waals surface area contributed by atoms with Crippen LogP contribution in [0, 0.1) is 0 Å². The monoisotopic (exact) mass is 426 g/mol. The van der Waals surface area contributed by atoms with Crippen LogP contribution in [0.1, 0.15) is 22.8 Å². The molecule has 2 amide bonds. The lowest BCUT2D eigenvalue weighted by molar-refractivity contribution is -0.129. The topological polar surface area (TPSA) is 92.4 Å². The van der Waals surface area contributed by atoms with Crippen LogP contribution >= 0.6 is 24.8 Å². The van der Waals surface area contributed by atoms with E-state index in [9.17, 15) is 9.59 Å². The second kappa shape index (κ2) is 11.6. The van der Waals surface area contributed by atoms with Gasteiger partial charge in [-0.3, -0.25) is 14.6 Å². The van der Waals surface area contributed by atoms with Gasteiger partial charge in [0.25, 0.3) is 5.91 Å². The lowest BCUT2D eigenvalue weighted by atomic mass is 10.1.